The molecule has 168 valence electrons. The molecule has 0 saturated heterocycles. The van der Waals surface area contributed by atoms with Gasteiger partial charge in [0.05, 0.1) is 25.0 Å². The van der Waals surface area contributed by atoms with Crippen molar-refractivity contribution in [2.45, 2.75) is 44.5 Å². The van der Waals surface area contributed by atoms with E-state index in [9.17, 15) is 18.0 Å². The van der Waals surface area contributed by atoms with Crippen molar-refractivity contribution in [1.82, 2.24) is 10.3 Å². The fourth-order valence-corrected chi connectivity index (χ4v) is 3.62. The highest BCUT2D eigenvalue weighted by molar-refractivity contribution is 5.91. The molecule has 6 nitrogen and oxygen atoms in total. The Balaban J connectivity index is 1.44. The second kappa shape index (κ2) is 10.5. The number of amides is 2. The van der Waals surface area contributed by atoms with E-state index in [4.69, 9.17) is 9.47 Å². The lowest BCUT2D eigenvalue weighted by atomic mass is 9.86. The first-order chi connectivity index (χ1) is 14.8. The molecule has 0 unspecified atom stereocenters. The number of anilines is 1. The van der Waals surface area contributed by atoms with Crippen LogP contribution in [0.25, 0.3) is 0 Å². The number of rotatable bonds is 7. The third-order valence-electron chi connectivity index (χ3n) is 5.33. The van der Waals surface area contributed by atoms with Crippen molar-refractivity contribution < 1.29 is 27.4 Å². The van der Waals surface area contributed by atoms with E-state index in [1.165, 1.54) is 13.2 Å². The lowest BCUT2D eigenvalue weighted by molar-refractivity contribution is -0.137. The van der Waals surface area contributed by atoms with E-state index < -0.39 is 17.8 Å². The summed E-state index contributed by atoms with van der Waals surface area (Å²) in [6.45, 7) is 1.20. The summed E-state index contributed by atoms with van der Waals surface area (Å²) < 4.78 is 49.7. The van der Waals surface area contributed by atoms with Crippen LogP contribution in [0.2, 0.25) is 0 Å². The van der Waals surface area contributed by atoms with E-state index in [1.807, 2.05) is 12.1 Å². The number of methoxy groups -OCH3 is 1. The molecule has 1 aliphatic carbocycles. The molecule has 1 aliphatic rings. The maximum absolute atomic E-state index is 13.0. The van der Waals surface area contributed by atoms with Crippen LogP contribution in [0.15, 0.2) is 42.7 Å². The van der Waals surface area contributed by atoms with E-state index in [1.54, 1.807) is 12.4 Å². The van der Waals surface area contributed by atoms with E-state index >= 15 is 0 Å². The number of urea groups is 1. The molecule has 0 spiro atoms. The molecule has 1 aromatic carbocycles. The number of aromatic nitrogens is 1. The fraction of sp³-hybridized carbons (Fsp3) is 0.455. The molecule has 2 amide bonds. The van der Waals surface area contributed by atoms with Crippen LogP contribution >= 0.6 is 0 Å². The molecule has 0 radical (unpaired) electrons. The minimum atomic E-state index is -4.50. The van der Waals surface area contributed by atoms with E-state index in [0.717, 1.165) is 43.4 Å². The van der Waals surface area contributed by atoms with Crippen LogP contribution < -0.4 is 15.4 Å². The van der Waals surface area contributed by atoms with Crippen molar-refractivity contribution in [3.05, 3.63) is 53.9 Å². The summed E-state index contributed by atoms with van der Waals surface area (Å²) in [6, 6.07) is 6.23. The second-order valence-electron chi connectivity index (χ2n) is 7.60. The number of benzene rings is 1. The number of nitrogens with one attached hydrogen (secondary N) is 2. The Morgan fingerprint density at radius 2 is 1.84 bits per heavy atom. The van der Waals surface area contributed by atoms with Crippen molar-refractivity contribution in [2.75, 3.05) is 19.0 Å². The molecule has 1 aromatic heterocycles. The third-order valence-corrected chi connectivity index (χ3v) is 5.33. The Morgan fingerprint density at radius 3 is 2.48 bits per heavy atom. The normalized spacial score (nSPS) is 19.0. The van der Waals surface area contributed by atoms with Gasteiger partial charge in [-0.25, -0.2) is 4.79 Å². The molecule has 1 fully saturated rings. The topological polar surface area (TPSA) is 72.5 Å². The first kappa shape index (κ1) is 22.9. The highest BCUT2D eigenvalue weighted by Gasteiger charge is 2.31. The van der Waals surface area contributed by atoms with Crippen LogP contribution in [0, 0.1) is 5.92 Å². The highest BCUT2D eigenvalue weighted by Crippen LogP contribution is 2.35. The largest absolute Gasteiger partial charge is 0.495 e. The number of alkyl halides is 3. The summed E-state index contributed by atoms with van der Waals surface area (Å²) in [6.07, 6.45) is 2.36. The molecule has 1 heterocycles. The number of pyridine rings is 1. The Morgan fingerprint density at radius 1 is 1.13 bits per heavy atom. The molecular weight excluding hydrogens is 411 g/mol. The molecule has 1 saturated carbocycles. The molecular formula is C22H26F3N3O3. The molecule has 3 rings (SSSR count). The van der Waals surface area contributed by atoms with Crippen molar-refractivity contribution >= 4 is 11.7 Å². The van der Waals surface area contributed by atoms with Crippen LogP contribution in [0.4, 0.5) is 23.7 Å². The van der Waals surface area contributed by atoms with Gasteiger partial charge >= 0.3 is 12.2 Å². The molecule has 0 aliphatic heterocycles. The lowest BCUT2D eigenvalue weighted by Gasteiger charge is -2.29. The van der Waals surface area contributed by atoms with Gasteiger partial charge in [0.1, 0.15) is 5.75 Å². The van der Waals surface area contributed by atoms with Gasteiger partial charge in [0.25, 0.3) is 0 Å². The van der Waals surface area contributed by atoms with Crippen molar-refractivity contribution in [1.29, 1.82) is 0 Å². The van der Waals surface area contributed by atoms with Gasteiger partial charge in [-0.15, -0.1) is 0 Å². The summed E-state index contributed by atoms with van der Waals surface area (Å²) in [5.74, 6) is 0.588. The van der Waals surface area contributed by atoms with Gasteiger partial charge in [-0.05, 0) is 67.5 Å². The van der Waals surface area contributed by atoms with E-state index in [0.29, 0.717) is 19.1 Å². The highest BCUT2D eigenvalue weighted by atomic mass is 19.4. The lowest BCUT2D eigenvalue weighted by Crippen LogP contribution is -2.40. The SMILES string of the molecule is COc1ccc(C(F)(F)F)cc1NC(=O)NC1CCC(COCc2ccncc2)CC1. The first-order valence-electron chi connectivity index (χ1n) is 10.1. The number of nitrogens with zero attached hydrogens (tertiary/aromatic N) is 1. The van der Waals surface area contributed by atoms with Gasteiger partial charge in [0.2, 0.25) is 0 Å². The number of halogens is 3. The summed E-state index contributed by atoms with van der Waals surface area (Å²) in [7, 11) is 1.34. The smallest absolute Gasteiger partial charge is 0.416 e. The maximum atomic E-state index is 13.0. The number of hydrogen-bond donors (Lipinski definition) is 2. The maximum Gasteiger partial charge on any atom is 0.416 e. The predicted octanol–water partition coefficient (Wildman–Crippen LogP) is 5.01. The van der Waals surface area contributed by atoms with Gasteiger partial charge in [-0.3, -0.25) is 4.98 Å². The Bertz CT molecular complexity index is 854. The number of carbonyl (C=O) groups excluding carboxylic acids is 1. The molecule has 2 N–H and O–H groups in total. The zero-order valence-electron chi connectivity index (χ0n) is 17.2. The third kappa shape index (κ3) is 6.85. The summed E-state index contributed by atoms with van der Waals surface area (Å²) in [5, 5.41) is 5.32. The van der Waals surface area contributed by atoms with Gasteiger partial charge in [-0.1, -0.05) is 0 Å². The molecule has 2 aromatic rings. The molecule has 31 heavy (non-hydrogen) atoms. The Kier molecular flexibility index (Phi) is 7.73. The number of hydrogen-bond acceptors (Lipinski definition) is 4. The predicted molar refractivity (Wildman–Crippen MR) is 110 cm³/mol. The van der Waals surface area contributed by atoms with Crippen molar-refractivity contribution in [3.63, 3.8) is 0 Å². The monoisotopic (exact) mass is 437 g/mol. The van der Waals surface area contributed by atoms with Crippen LogP contribution in [0.5, 0.6) is 5.75 Å². The van der Waals surface area contributed by atoms with E-state index in [2.05, 4.69) is 15.6 Å². The van der Waals surface area contributed by atoms with Crippen molar-refractivity contribution in [2.24, 2.45) is 5.92 Å². The minimum Gasteiger partial charge on any atom is -0.495 e. The zero-order valence-corrected chi connectivity index (χ0v) is 17.2. The number of carbonyl (C=O) groups is 1. The molecule has 0 atom stereocenters. The standard InChI is InChI=1S/C22H26F3N3O3/c1-30-20-7-4-17(22(23,24)25)12-19(20)28-21(29)27-18-5-2-15(3-6-18)13-31-14-16-8-10-26-11-9-16/h4,7-12,15,18H,2-3,5-6,13-14H2,1H3,(H2,27,28,29). The van der Waals surface area contributed by atoms with Gasteiger partial charge in [0, 0.05) is 25.0 Å². The summed E-state index contributed by atoms with van der Waals surface area (Å²) in [5.41, 5.74) is 0.205. The van der Waals surface area contributed by atoms with Gasteiger partial charge in [0.15, 0.2) is 0 Å². The number of ether oxygens (including phenoxy) is 2. The van der Waals surface area contributed by atoms with Crippen LogP contribution in [0.1, 0.15) is 36.8 Å². The minimum absolute atomic E-state index is 0.0203. The van der Waals surface area contributed by atoms with Gasteiger partial charge in [-0.2, -0.15) is 13.2 Å². The summed E-state index contributed by atoms with van der Waals surface area (Å²) in [4.78, 5) is 16.3. The quantitative estimate of drug-likeness (QED) is 0.639. The molecule has 9 heteroatoms. The van der Waals surface area contributed by atoms with Gasteiger partial charge < -0.3 is 20.1 Å². The van der Waals surface area contributed by atoms with E-state index in [-0.39, 0.29) is 17.5 Å². The fourth-order valence-electron chi connectivity index (χ4n) is 3.62. The Hall–Kier alpha value is -2.81. The molecule has 0 bridgehead atoms. The first-order valence-corrected chi connectivity index (χ1v) is 10.1. The Labute approximate surface area is 179 Å². The average Bonchev–Trinajstić information content (AvgIpc) is 2.75. The van der Waals surface area contributed by atoms with Crippen molar-refractivity contribution in [3.8, 4) is 5.75 Å². The van der Waals surface area contributed by atoms with Crippen LogP contribution in [0.3, 0.4) is 0 Å². The summed E-state index contributed by atoms with van der Waals surface area (Å²) >= 11 is 0. The zero-order chi connectivity index (χ0) is 22.3. The average molecular weight is 437 g/mol. The van der Waals surface area contributed by atoms with Crippen LogP contribution in [-0.4, -0.2) is 30.8 Å². The van der Waals surface area contributed by atoms with Crippen LogP contribution in [-0.2, 0) is 17.5 Å². The second-order valence-corrected chi connectivity index (χ2v) is 7.60.